The van der Waals surface area contributed by atoms with Crippen LogP contribution in [0.2, 0.25) is 0 Å². The van der Waals surface area contributed by atoms with Crippen LogP contribution < -0.4 is 5.32 Å². The van der Waals surface area contributed by atoms with E-state index in [1.54, 1.807) is 35.4 Å². The van der Waals surface area contributed by atoms with Gasteiger partial charge >= 0.3 is 0 Å². The van der Waals surface area contributed by atoms with Gasteiger partial charge in [-0.1, -0.05) is 12.1 Å². The van der Waals surface area contributed by atoms with Gasteiger partial charge < -0.3 is 10.2 Å². The van der Waals surface area contributed by atoms with Crippen LogP contribution in [0.5, 0.6) is 0 Å². The number of hydrogen-bond donors (Lipinski definition) is 1. The topological polar surface area (TPSA) is 67.2 Å². The summed E-state index contributed by atoms with van der Waals surface area (Å²) < 4.78 is 15.2. The highest BCUT2D eigenvalue weighted by molar-refractivity contribution is 5.96. The number of halogens is 1. The Bertz CT molecular complexity index is 815. The van der Waals surface area contributed by atoms with Crippen molar-refractivity contribution in [2.24, 2.45) is 0 Å². The van der Waals surface area contributed by atoms with Gasteiger partial charge in [0.1, 0.15) is 17.5 Å². The molecule has 1 atom stereocenters. The second-order valence-corrected chi connectivity index (χ2v) is 6.54. The monoisotopic (exact) mass is 342 g/mol. The van der Waals surface area contributed by atoms with Gasteiger partial charge in [-0.15, -0.1) is 0 Å². The molecule has 1 aromatic carbocycles. The number of hydrogen-bond acceptors (Lipinski definition) is 3. The van der Waals surface area contributed by atoms with Crippen molar-refractivity contribution in [1.29, 1.82) is 0 Å². The van der Waals surface area contributed by atoms with Gasteiger partial charge in [-0.25, -0.2) is 9.07 Å². The van der Waals surface area contributed by atoms with E-state index in [1.165, 1.54) is 10.7 Å². The Kier molecular flexibility index (Phi) is 3.99. The Morgan fingerprint density at radius 2 is 1.96 bits per heavy atom. The Labute approximate surface area is 144 Å². The maximum absolute atomic E-state index is 13.9. The van der Waals surface area contributed by atoms with Crippen LogP contribution >= 0.6 is 0 Å². The number of benzene rings is 1. The third-order valence-corrected chi connectivity index (χ3v) is 4.65. The van der Waals surface area contributed by atoms with Gasteiger partial charge in [0.15, 0.2) is 5.69 Å². The van der Waals surface area contributed by atoms with E-state index in [-0.39, 0.29) is 29.2 Å². The molecule has 0 radical (unpaired) electrons. The minimum absolute atomic E-state index is 0.0816. The van der Waals surface area contributed by atoms with E-state index in [2.05, 4.69) is 10.4 Å². The number of carbonyl (C=O) groups excluding carboxylic acids is 2. The van der Waals surface area contributed by atoms with Crippen molar-refractivity contribution < 1.29 is 14.0 Å². The minimum Gasteiger partial charge on any atom is -0.352 e. The van der Waals surface area contributed by atoms with Gasteiger partial charge in [0.05, 0.1) is 0 Å². The highest BCUT2D eigenvalue weighted by Gasteiger charge is 2.37. The van der Waals surface area contributed by atoms with E-state index in [9.17, 15) is 14.0 Å². The maximum atomic E-state index is 13.9. The average molecular weight is 342 g/mol. The molecule has 0 spiro atoms. The van der Waals surface area contributed by atoms with Crippen LogP contribution in [-0.4, -0.2) is 45.1 Å². The molecule has 1 aliphatic carbocycles. The zero-order valence-corrected chi connectivity index (χ0v) is 13.7. The summed E-state index contributed by atoms with van der Waals surface area (Å²) in [7, 11) is 0. The van der Waals surface area contributed by atoms with E-state index >= 15 is 0 Å². The fourth-order valence-electron chi connectivity index (χ4n) is 3.16. The van der Waals surface area contributed by atoms with Crippen molar-refractivity contribution in [3.8, 4) is 5.69 Å². The van der Waals surface area contributed by atoms with E-state index < -0.39 is 11.9 Å². The minimum atomic E-state index is -0.438. The van der Waals surface area contributed by atoms with E-state index in [0.717, 1.165) is 19.3 Å². The number of likely N-dealkylation sites (tertiary alicyclic amines) is 1. The number of amides is 2. The first kappa shape index (κ1) is 15.8. The van der Waals surface area contributed by atoms with Crippen molar-refractivity contribution >= 4 is 11.8 Å². The van der Waals surface area contributed by atoms with Crippen LogP contribution in [0.1, 0.15) is 36.2 Å². The second kappa shape index (κ2) is 6.31. The van der Waals surface area contributed by atoms with Gasteiger partial charge in [-0.3, -0.25) is 9.59 Å². The predicted molar refractivity (Wildman–Crippen MR) is 88.7 cm³/mol. The van der Waals surface area contributed by atoms with Gasteiger partial charge in [0.25, 0.3) is 5.91 Å². The third kappa shape index (κ3) is 3.14. The summed E-state index contributed by atoms with van der Waals surface area (Å²) in [6, 6.07) is 7.64. The van der Waals surface area contributed by atoms with Gasteiger partial charge in [-0.2, -0.15) is 5.10 Å². The maximum Gasteiger partial charge on any atom is 0.275 e. The van der Waals surface area contributed by atoms with Crippen LogP contribution in [-0.2, 0) is 4.79 Å². The molecule has 1 aliphatic heterocycles. The molecule has 2 aliphatic rings. The molecule has 4 rings (SSSR count). The summed E-state index contributed by atoms with van der Waals surface area (Å²) in [5, 5.41) is 7.17. The normalized spacial score (nSPS) is 19.9. The Balaban J connectivity index is 1.52. The van der Waals surface area contributed by atoms with E-state index in [4.69, 9.17) is 0 Å². The molecule has 7 heteroatoms. The highest BCUT2D eigenvalue weighted by atomic mass is 19.1. The smallest absolute Gasteiger partial charge is 0.275 e. The lowest BCUT2D eigenvalue weighted by molar-refractivity contribution is -0.125. The zero-order chi connectivity index (χ0) is 17.4. The molecule has 2 heterocycles. The van der Waals surface area contributed by atoms with Crippen molar-refractivity contribution in [3.63, 3.8) is 0 Å². The van der Waals surface area contributed by atoms with E-state index in [0.29, 0.717) is 13.0 Å². The van der Waals surface area contributed by atoms with Crippen LogP contribution in [0, 0.1) is 5.82 Å². The zero-order valence-electron chi connectivity index (χ0n) is 13.7. The van der Waals surface area contributed by atoms with Gasteiger partial charge in [0, 0.05) is 18.8 Å². The Morgan fingerprint density at radius 3 is 2.72 bits per heavy atom. The largest absolute Gasteiger partial charge is 0.352 e. The third-order valence-electron chi connectivity index (χ3n) is 4.65. The molecule has 2 fully saturated rings. The fraction of sp³-hybridized carbons (Fsp3) is 0.389. The Hall–Kier alpha value is -2.70. The van der Waals surface area contributed by atoms with Crippen LogP contribution in [0.3, 0.4) is 0 Å². The summed E-state index contributed by atoms with van der Waals surface area (Å²) in [5.41, 5.74) is 0.500. The Morgan fingerprint density at radius 1 is 1.16 bits per heavy atom. The molecule has 25 heavy (non-hydrogen) atoms. The van der Waals surface area contributed by atoms with Gasteiger partial charge in [0.2, 0.25) is 5.91 Å². The first-order valence-electron chi connectivity index (χ1n) is 8.55. The number of nitrogens with zero attached hydrogens (tertiary/aromatic N) is 3. The first-order valence-corrected chi connectivity index (χ1v) is 8.55. The SMILES string of the molecule is O=C(NC1CC1)C1CCCN1C(=O)c1ccn(-c2ccccc2F)n1. The molecule has 6 nitrogen and oxygen atoms in total. The molecule has 1 saturated heterocycles. The highest BCUT2D eigenvalue weighted by Crippen LogP contribution is 2.23. The molecular formula is C18H19FN4O2. The summed E-state index contributed by atoms with van der Waals surface area (Å²) >= 11 is 0. The summed E-state index contributed by atoms with van der Waals surface area (Å²) in [5.74, 6) is -0.780. The van der Waals surface area contributed by atoms with Crippen molar-refractivity contribution in [2.75, 3.05) is 6.54 Å². The molecule has 1 N–H and O–H groups in total. The standard InChI is InChI=1S/C18H19FN4O2/c19-13-4-1-2-5-15(13)23-11-9-14(21-23)18(25)22-10-3-6-16(22)17(24)20-12-7-8-12/h1-2,4-5,9,11-12,16H,3,6-8,10H2,(H,20,24). The van der Waals surface area contributed by atoms with Gasteiger partial charge in [-0.05, 0) is 43.9 Å². The van der Waals surface area contributed by atoms with Crippen molar-refractivity contribution in [2.45, 2.75) is 37.8 Å². The number of para-hydroxylation sites is 1. The van der Waals surface area contributed by atoms with Crippen LogP contribution in [0.4, 0.5) is 4.39 Å². The van der Waals surface area contributed by atoms with Crippen LogP contribution in [0.25, 0.3) is 5.69 Å². The number of nitrogens with one attached hydrogen (secondary N) is 1. The van der Waals surface area contributed by atoms with Crippen LogP contribution in [0.15, 0.2) is 36.5 Å². The average Bonchev–Trinajstić information content (AvgIpc) is 3.12. The summed E-state index contributed by atoms with van der Waals surface area (Å²) in [6.07, 6.45) is 5.04. The number of carbonyl (C=O) groups is 2. The predicted octanol–water partition coefficient (Wildman–Crippen LogP) is 1.89. The first-order chi connectivity index (χ1) is 12.1. The summed E-state index contributed by atoms with van der Waals surface area (Å²) in [4.78, 5) is 26.7. The quantitative estimate of drug-likeness (QED) is 0.923. The molecule has 0 bridgehead atoms. The molecule has 1 saturated carbocycles. The molecule has 1 aromatic heterocycles. The lowest BCUT2D eigenvalue weighted by atomic mass is 10.2. The molecule has 2 aromatic rings. The lowest BCUT2D eigenvalue weighted by Crippen LogP contribution is -2.46. The summed E-state index contributed by atoms with van der Waals surface area (Å²) in [6.45, 7) is 0.536. The lowest BCUT2D eigenvalue weighted by Gasteiger charge is -2.23. The molecule has 130 valence electrons. The molecular weight excluding hydrogens is 323 g/mol. The fourth-order valence-corrected chi connectivity index (χ4v) is 3.16. The molecule has 2 amide bonds. The number of aromatic nitrogens is 2. The van der Waals surface area contributed by atoms with E-state index in [1.807, 2.05) is 0 Å². The number of rotatable bonds is 4. The van der Waals surface area contributed by atoms with Crippen molar-refractivity contribution in [3.05, 3.63) is 48.0 Å². The molecule has 1 unspecified atom stereocenters. The van der Waals surface area contributed by atoms with Crippen molar-refractivity contribution in [1.82, 2.24) is 20.0 Å². The second-order valence-electron chi connectivity index (χ2n) is 6.54.